The van der Waals surface area contributed by atoms with Gasteiger partial charge in [0, 0.05) is 17.1 Å². The van der Waals surface area contributed by atoms with E-state index in [1.165, 1.54) is 38.6 Å². The monoisotopic (exact) mass is 379 g/mol. The standard InChI is InChI=1S/C28H29N/c1-5-20(4)22-11-12-27-23(15-22)13-14-29-28(27)26-17-24(19(2)3)16-25(18-26)21-9-7-6-8-10-21/h6-20H,5H2,1-4H3. The maximum absolute atomic E-state index is 4.81. The highest BCUT2D eigenvalue weighted by atomic mass is 14.7. The van der Waals surface area contributed by atoms with Gasteiger partial charge in [-0.3, -0.25) is 4.98 Å². The molecule has 0 amide bonds. The van der Waals surface area contributed by atoms with E-state index >= 15 is 0 Å². The number of fused-ring (bicyclic) bond motifs is 1. The minimum atomic E-state index is 0.462. The second-order valence-electron chi connectivity index (χ2n) is 8.31. The summed E-state index contributed by atoms with van der Waals surface area (Å²) in [6.45, 7) is 9.04. The zero-order valence-corrected chi connectivity index (χ0v) is 17.8. The maximum atomic E-state index is 4.81. The van der Waals surface area contributed by atoms with Crippen LogP contribution in [0.4, 0.5) is 0 Å². The van der Waals surface area contributed by atoms with Crippen molar-refractivity contribution < 1.29 is 0 Å². The van der Waals surface area contributed by atoms with Crippen molar-refractivity contribution in [1.82, 2.24) is 4.98 Å². The van der Waals surface area contributed by atoms with Crippen LogP contribution in [0.3, 0.4) is 0 Å². The molecule has 0 N–H and O–H groups in total. The lowest BCUT2D eigenvalue weighted by Crippen LogP contribution is -1.95. The van der Waals surface area contributed by atoms with Gasteiger partial charge in [0.15, 0.2) is 0 Å². The molecule has 1 atom stereocenters. The Balaban J connectivity index is 1.90. The highest BCUT2D eigenvalue weighted by Gasteiger charge is 2.12. The van der Waals surface area contributed by atoms with Gasteiger partial charge in [-0.1, -0.05) is 82.3 Å². The van der Waals surface area contributed by atoms with E-state index in [9.17, 15) is 0 Å². The van der Waals surface area contributed by atoms with Crippen LogP contribution in [-0.4, -0.2) is 4.98 Å². The topological polar surface area (TPSA) is 12.9 Å². The summed E-state index contributed by atoms with van der Waals surface area (Å²) in [4.78, 5) is 4.81. The number of hydrogen-bond acceptors (Lipinski definition) is 1. The summed E-state index contributed by atoms with van der Waals surface area (Å²) >= 11 is 0. The first-order chi connectivity index (χ1) is 14.1. The number of benzene rings is 3. The van der Waals surface area contributed by atoms with E-state index in [0.717, 1.165) is 12.1 Å². The van der Waals surface area contributed by atoms with E-state index in [1.807, 2.05) is 6.20 Å². The summed E-state index contributed by atoms with van der Waals surface area (Å²) in [5, 5.41) is 2.49. The molecule has 0 spiro atoms. The molecule has 0 radical (unpaired) electrons. The molecule has 29 heavy (non-hydrogen) atoms. The summed E-state index contributed by atoms with van der Waals surface area (Å²) in [5.74, 6) is 1.04. The first-order valence-electron chi connectivity index (χ1n) is 10.7. The Morgan fingerprint density at radius 1 is 0.724 bits per heavy atom. The molecule has 4 aromatic rings. The third kappa shape index (κ3) is 3.96. The molecule has 0 aliphatic heterocycles. The lowest BCUT2D eigenvalue weighted by atomic mass is 9.91. The Morgan fingerprint density at radius 3 is 2.21 bits per heavy atom. The average Bonchev–Trinajstić information content (AvgIpc) is 2.78. The van der Waals surface area contributed by atoms with E-state index < -0.39 is 0 Å². The molecule has 0 aliphatic carbocycles. The lowest BCUT2D eigenvalue weighted by Gasteiger charge is -2.15. The first kappa shape index (κ1) is 19.4. The summed E-state index contributed by atoms with van der Waals surface area (Å²) < 4.78 is 0. The molecular weight excluding hydrogens is 350 g/mol. The number of hydrogen-bond donors (Lipinski definition) is 0. The first-order valence-corrected chi connectivity index (χ1v) is 10.7. The largest absolute Gasteiger partial charge is 0.256 e. The molecule has 146 valence electrons. The fraction of sp³-hybridized carbons (Fsp3) is 0.250. The van der Waals surface area contributed by atoms with Crippen molar-refractivity contribution in [3.05, 3.63) is 90.1 Å². The molecule has 0 saturated heterocycles. The molecule has 1 heterocycles. The van der Waals surface area contributed by atoms with Gasteiger partial charge >= 0.3 is 0 Å². The van der Waals surface area contributed by atoms with Gasteiger partial charge in [-0.2, -0.15) is 0 Å². The molecule has 1 heteroatoms. The van der Waals surface area contributed by atoms with Gasteiger partial charge < -0.3 is 0 Å². The van der Waals surface area contributed by atoms with Crippen LogP contribution < -0.4 is 0 Å². The second-order valence-corrected chi connectivity index (χ2v) is 8.31. The molecule has 0 aliphatic rings. The van der Waals surface area contributed by atoms with Gasteiger partial charge in [0.25, 0.3) is 0 Å². The van der Waals surface area contributed by atoms with E-state index in [0.29, 0.717) is 11.8 Å². The van der Waals surface area contributed by atoms with Crippen molar-refractivity contribution in [2.45, 2.75) is 46.0 Å². The zero-order valence-electron chi connectivity index (χ0n) is 17.8. The minimum absolute atomic E-state index is 0.462. The fourth-order valence-electron chi connectivity index (χ4n) is 3.89. The Morgan fingerprint density at radius 2 is 1.48 bits per heavy atom. The van der Waals surface area contributed by atoms with Crippen LogP contribution in [0.5, 0.6) is 0 Å². The molecule has 1 unspecified atom stereocenters. The molecule has 0 fully saturated rings. The number of nitrogens with zero attached hydrogens (tertiary/aromatic N) is 1. The SMILES string of the molecule is CCC(C)c1ccc2c(-c3cc(-c4ccccc4)cc(C(C)C)c3)nccc2c1. The predicted octanol–water partition coefficient (Wildman–Crippen LogP) is 8.21. The van der Waals surface area contributed by atoms with Gasteiger partial charge in [-0.25, -0.2) is 0 Å². The van der Waals surface area contributed by atoms with Crippen molar-refractivity contribution in [3.63, 3.8) is 0 Å². The molecule has 1 nitrogen and oxygen atoms in total. The van der Waals surface area contributed by atoms with Crippen LogP contribution in [0.1, 0.15) is 57.1 Å². The van der Waals surface area contributed by atoms with Crippen molar-refractivity contribution >= 4 is 10.8 Å². The number of rotatable bonds is 5. The molecular formula is C28H29N. The normalized spacial score (nSPS) is 12.4. The van der Waals surface area contributed by atoms with Crippen molar-refractivity contribution in [3.8, 4) is 22.4 Å². The number of aromatic nitrogens is 1. The Bertz CT molecular complexity index is 1130. The van der Waals surface area contributed by atoms with Crippen molar-refractivity contribution in [2.24, 2.45) is 0 Å². The average molecular weight is 380 g/mol. The molecule has 1 aromatic heterocycles. The van der Waals surface area contributed by atoms with Crippen LogP contribution in [-0.2, 0) is 0 Å². The Kier molecular flexibility index (Phi) is 5.49. The van der Waals surface area contributed by atoms with E-state index in [4.69, 9.17) is 4.98 Å². The third-order valence-electron chi connectivity index (χ3n) is 5.97. The highest BCUT2D eigenvalue weighted by Crippen LogP contribution is 2.34. The minimum Gasteiger partial charge on any atom is -0.256 e. The quantitative estimate of drug-likeness (QED) is 0.340. The van der Waals surface area contributed by atoms with Crippen LogP contribution in [0.2, 0.25) is 0 Å². The fourth-order valence-corrected chi connectivity index (χ4v) is 3.89. The summed E-state index contributed by atoms with van der Waals surface area (Å²) in [7, 11) is 0. The van der Waals surface area contributed by atoms with Crippen LogP contribution in [0.15, 0.2) is 79.0 Å². The molecule has 0 saturated carbocycles. The predicted molar refractivity (Wildman–Crippen MR) is 125 cm³/mol. The van der Waals surface area contributed by atoms with Crippen LogP contribution >= 0.6 is 0 Å². The Labute approximate surface area is 174 Å². The van der Waals surface area contributed by atoms with Gasteiger partial charge in [0.2, 0.25) is 0 Å². The summed E-state index contributed by atoms with van der Waals surface area (Å²) in [6.07, 6.45) is 3.10. The second kappa shape index (κ2) is 8.21. The zero-order chi connectivity index (χ0) is 20.4. The molecule has 0 bridgehead atoms. The van der Waals surface area contributed by atoms with E-state index in [-0.39, 0.29) is 0 Å². The van der Waals surface area contributed by atoms with Crippen LogP contribution in [0.25, 0.3) is 33.2 Å². The summed E-state index contributed by atoms with van der Waals surface area (Å²) in [6, 6.07) is 26.5. The lowest BCUT2D eigenvalue weighted by molar-refractivity contribution is 0.735. The van der Waals surface area contributed by atoms with Gasteiger partial charge in [0.1, 0.15) is 0 Å². The van der Waals surface area contributed by atoms with E-state index in [2.05, 4.69) is 100 Å². The smallest absolute Gasteiger partial charge is 0.0780 e. The van der Waals surface area contributed by atoms with Crippen molar-refractivity contribution in [2.75, 3.05) is 0 Å². The van der Waals surface area contributed by atoms with Gasteiger partial charge in [-0.15, -0.1) is 0 Å². The summed E-state index contributed by atoms with van der Waals surface area (Å²) in [5.41, 5.74) is 7.50. The molecule has 3 aromatic carbocycles. The Hall–Kier alpha value is -2.93. The number of pyridine rings is 1. The van der Waals surface area contributed by atoms with Crippen molar-refractivity contribution in [1.29, 1.82) is 0 Å². The van der Waals surface area contributed by atoms with E-state index in [1.54, 1.807) is 0 Å². The molecule has 4 rings (SSSR count). The van der Waals surface area contributed by atoms with Gasteiger partial charge in [0.05, 0.1) is 5.69 Å². The van der Waals surface area contributed by atoms with Gasteiger partial charge in [-0.05, 0) is 64.1 Å². The maximum Gasteiger partial charge on any atom is 0.0780 e. The third-order valence-corrected chi connectivity index (χ3v) is 5.97. The highest BCUT2D eigenvalue weighted by molar-refractivity contribution is 5.95. The van der Waals surface area contributed by atoms with Crippen LogP contribution in [0, 0.1) is 0 Å².